The summed E-state index contributed by atoms with van der Waals surface area (Å²) < 4.78 is 0. The van der Waals surface area contributed by atoms with Gasteiger partial charge in [0.05, 0.1) is 5.52 Å². The van der Waals surface area contributed by atoms with Crippen LogP contribution in [0.25, 0.3) is 10.9 Å². The summed E-state index contributed by atoms with van der Waals surface area (Å²) in [6, 6.07) is 9.65. The summed E-state index contributed by atoms with van der Waals surface area (Å²) in [5.74, 6) is 0.946. The molecule has 23 heavy (non-hydrogen) atoms. The summed E-state index contributed by atoms with van der Waals surface area (Å²) in [5.41, 5.74) is 1.99. The zero-order chi connectivity index (χ0) is 15.7. The Hall–Kier alpha value is -1.90. The third kappa shape index (κ3) is 2.85. The first-order valence-corrected chi connectivity index (χ1v) is 8.88. The second kappa shape index (κ2) is 5.95. The number of hydrogen-bond donors (Lipinski definition) is 1. The Kier molecular flexibility index (Phi) is 3.80. The number of hydrogen-bond acceptors (Lipinski definition) is 2. The van der Waals surface area contributed by atoms with Crippen molar-refractivity contribution < 1.29 is 4.79 Å². The highest BCUT2D eigenvalue weighted by atomic mass is 16.1. The highest BCUT2D eigenvalue weighted by molar-refractivity contribution is 6.06. The predicted octanol–water partition coefficient (Wildman–Crippen LogP) is 4.33. The lowest BCUT2D eigenvalue weighted by Gasteiger charge is -2.45. The van der Waals surface area contributed by atoms with Crippen molar-refractivity contribution in [3.05, 3.63) is 42.1 Å². The summed E-state index contributed by atoms with van der Waals surface area (Å²) in [4.78, 5) is 17.1. The number of aromatic nitrogens is 1. The van der Waals surface area contributed by atoms with Gasteiger partial charge in [0.15, 0.2) is 0 Å². The van der Waals surface area contributed by atoms with Crippen molar-refractivity contribution in [1.29, 1.82) is 0 Å². The van der Waals surface area contributed by atoms with E-state index < -0.39 is 0 Å². The molecule has 3 heteroatoms. The number of amides is 1. The second-order valence-corrected chi connectivity index (χ2v) is 7.41. The van der Waals surface area contributed by atoms with Crippen LogP contribution in [0, 0.1) is 11.3 Å². The number of benzene rings is 1. The monoisotopic (exact) mass is 308 g/mol. The predicted molar refractivity (Wildman–Crippen MR) is 92.3 cm³/mol. The molecule has 0 saturated heterocycles. The molecule has 2 aliphatic carbocycles. The highest BCUT2D eigenvalue weighted by Crippen LogP contribution is 2.48. The van der Waals surface area contributed by atoms with Crippen LogP contribution in [0.1, 0.15) is 55.3 Å². The van der Waals surface area contributed by atoms with Gasteiger partial charge in [-0.1, -0.05) is 37.8 Å². The molecule has 2 aromatic rings. The molecule has 120 valence electrons. The van der Waals surface area contributed by atoms with Gasteiger partial charge in [-0.25, -0.2) is 0 Å². The van der Waals surface area contributed by atoms with Gasteiger partial charge in [0.2, 0.25) is 0 Å². The Bertz CT molecular complexity index is 709. The first-order chi connectivity index (χ1) is 11.3. The number of fused-ring (bicyclic) bond motifs is 3. The van der Waals surface area contributed by atoms with Crippen molar-refractivity contribution in [2.24, 2.45) is 11.3 Å². The largest absolute Gasteiger partial charge is 0.351 e. The molecule has 3 nitrogen and oxygen atoms in total. The fourth-order valence-electron chi connectivity index (χ4n) is 4.73. The van der Waals surface area contributed by atoms with E-state index in [4.69, 9.17) is 0 Å². The summed E-state index contributed by atoms with van der Waals surface area (Å²) >= 11 is 0. The smallest absolute Gasteiger partial charge is 0.251 e. The maximum atomic E-state index is 12.7. The second-order valence-electron chi connectivity index (χ2n) is 7.41. The Morgan fingerprint density at radius 1 is 1.17 bits per heavy atom. The van der Waals surface area contributed by atoms with Crippen LogP contribution < -0.4 is 5.32 Å². The van der Waals surface area contributed by atoms with Crippen LogP contribution in [-0.4, -0.2) is 17.4 Å². The number of rotatable bonds is 3. The molecule has 1 aromatic heterocycles. The van der Waals surface area contributed by atoms with Crippen LogP contribution in [0.2, 0.25) is 0 Å². The zero-order valence-electron chi connectivity index (χ0n) is 13.6. The molecule has 1 N–H and O–H groups in total. The van der Waals surface area contributed by atoms with Gasteiger partial charge in [0, 0.05) is 23.7 Å². The van der Waals surface area contributed by atoms with E-state index in [-0.39, 0.29) is 5.91 Å². The van der Waals surface area contributed by atoms with Gasteiger partial charge in [-0.05, 0) is 48.8 Å². The minimum atomic E-state index is 0.0469. The molecule has 0 unspecified atom stereocenters. The van der Waals surface area contributed by atoms with E-state index in [0.29, 0.717) is 5.41 Å². The van der Waals surface area contributed by atoms with Gasteiger partial charge in [0.1, 0.15) is 0 Å². The van der Waals surface area contributed by atoms with Crippen LogP contribution in [0.15, 0.2) is 36.5 Å². The molecule has 0 atom stereocenters. The summed E-state index contributed by atoms with van der Waals surface area (Å²) in [5, 5.41) is 4.18. The molecule has 1 amide bonds. The van der Waals surface area contributed by atoms with Gasteiger partial charge < -0.3 is 5.32 Å². The molecule has 2 bridgehead atoms. The lowest BCUT2D eigenvalue weighted by atomic mass is 9.62. The van der Waals surface area contributed by atoms with Crippen LogP contribution in [-0.2, 0) is 0 Å². The third-order valence-electron chi connectivity index (χ3n) is 5.87. The van der Waals surface area contributed by atoms with E-state index in [1.165, 1.54) is 44.9 Å². The Morgan fingerprint density at radius 2 is 2.00 bits per heavy atom. The van der Waals surface area contributed by atoms with E-state index in [1.807, 2.05) is 30.3 Å². The summed E-state index contributed by atoms with van der Waals surface area (Å²) in [6.07, 6.45) is 11.1. The number of carbonyl (C=O) groups excluding carboxylic acids is 1. The van der Waals surface area contributed by atoms with Crippen molar-refractivity contribution in [3.63, 3.8) is 0 Å². The molecule has 2 fully saturated rings. The molecule has 4 rings (SSSR count). The highest BCUT2D eigenvalue weighted by Gasteiger charge is 2.39. The zero-order valence-corrected chi connectivity index (χ0v) is 13.6. The van der Waals surface area contributed by atoms with Crippen LogP contribution in [0.4, 0.5) is 0 Å². The molecular weight excluding hydrogens is 284 g/mol. The van der Waals surface area contributed by atoms with Gasteiger partial charge in [-0.15, -0.1) is 0 Å². The summed E-state index contributed by atoms with van der Waals surface area (Å²) in [7, 11) is 0. The number of pyridine rings is 1. The average Bonchev–Trinajstić information content (AvgIpc) is 2.59. The third-order valence-corrected chi connectivity index (χ3v) is 5.87. The van der Waals surface area contributed by atoms with Crippen molar-refractivity contribution in [1.82, 2.24) is 10.3 Å². The van der Waals surface area contributed by atoms with Gasteiger partial charge >= 0.3 is 0 Å². The van der Waals surface area contributed by atoms with Crippen LogP contribution in [0.3, 0.4) is 0 Å². The maximum absolute atomic E-state index is 12.7. The first kappa shape index (κ1) is 14.7. The van der Waals surface area contributed by atoms with E-state index >= 15 is 0 Å². The summed E-state index contributed by atoms with van der Waals surface area (Å²) in [6.45, 7) is 0.832. The quantitative estimate of drug-likeness (QED) is 0.917. The van der Waals surface area contributed by atoms with Gasteiger partial charge in [-0.2, -0.15) is 0 Å². The normalized spacial score (nSPS) is 26.9. The van der Waals surface area contributed by atoms with E-state index in [0.717, 1.165) is 28.9 Å². The SMILES string of the molecule is O=C(NCC12CCCC(CCC1)C2)c1cccc2ncccc12. The number of carbonyl (C=O) groups is 1. The molecular formula is C20H24N2O. The Morgan fingerprint density at radius 3 is 2.83 bits per heavy atom. The fraction of sp³-hybridized carbons (Fsp3) is 0.500. The minimum absolute atomic E-state index is 0.0469. The van der Waals surface area contributed by atoms with Crippen LogP contribution in [0.5, 0.6) is 0 Å². The molecule has 1 aromatic carbocycles. The van der Waals surface area contributed by atoms with Gasteiger partial charge in [-0.3, -0.25) is 9.78 Å². The van der Waals surface area contributed by atoms with E-state index in [2.05, 4.69) is 10.3 Å². The minimum Gasteiger partial charge on any atom is -0.351 e. The van der Waals surface area contributed by atoms with Crippen molar-refractivity contribution in [2.75, 3.05) is 6.54 Å². The van der Waals surface area contributed by atoms with Gasteiger partial charge in [0.25, 0.3) is 5.91 Å². The lowest BCUT2D eigenvalue weighted by molar-refractivity contribution is 0.0682. The molecule has 0 spiro atoms. The average molecular weight is 308 g/mol. The molecule has 0 radical (unpaired) electrons. The topological polar surface area (TPSA) is 42.0 Å². The molecule has 1 heterocycles. The molecule has 2 saturated carbocycles. The van der Waals surface area contributed by atoms with Crippen molar-refractivity contribution in [2.45, 2.75) is 44.9 Å². The first-order valence-electron chi connectivity index (χ1n) is 8.88. The molecule has 2 aliphatic rings. The fourth-order valence-corrected chi connectivity index (χ4v) is 4.73. The van der Waals surface area contributed by atoms with Crippen molar-refractivity contribution in [3.8, 4) is 0 Å². The molecule has 0 aliphatic heterocycles. The lowest BCUT2D eigenvalue weighted by Crippen LogP contribution is -2.42. The maximum Gasteiger partial charge on any atom is 0.251 e. The van der Waals surface area contributed by atoms with Crippen molar-refractivity contribution >= 4 is 16.8 Å². The Labute approximate surface area is 137 Å². The number of nitrogens with zero attached hydrogens (tertiary/aromatic N) is 1. The number of nitrogens with one attached hydrogen (secondary N) is 1. The standard InChI is InChI=1S/C20H24N2O/c23-19(17-7-1-9-18-16(17)8-4-12-21-18)22-14-20-10-2-5-15(13-20)6-3-11-20/h1,4,7-9,12,15H,2-3,5-6,10-11,13-14H2,(H,22,23). The van der Waals surface area contributed by atoms with E-state index in [9.17, 15) is 4.79 Å². The van der Waals surface area contributed by atoms with Crippen LogP contribution >= 0.6 is 0 Å². The van der Waals surface area contributed by atoms with E-state index in [1.54, 1.807) is 6.20 Å². The Balaban J connectivity index is 1.51.